The molecule has 102 valence electrons. The molecule has 0 spiro atoms. The van der Waals surface area contributed by atoms with E-state index in [9.17, 15) is 9.00 Å². The van der Waals surface area contributed by atoms with Crippen molar-refractivity contribution in [2.24, 2.45) is 0 Å². The van der Waals surface area contributed by atoms with Gasteiger partial charge in [0, 0.05) is 35.4 Å². The zero-order valence-electron chi connectivity index (χ0n) is 11.0. The van der Waals surface area contributed by atoms with E-state index >= 15 is 0 Å². The number of nitrogens with one attached hydrogen (secondary N) is 1. The highest BCUT2D eigenvalue weighted by Crippen LogP contribution is 2.15. The first-order valence-corrected chi connectivity index (χ1v) is 7.46. The first-order valence-electron chi connectivity index (χ1n) is 5.97. The molecule has 1 aromatic rings. The van der Waals surface area contributed by atoms with E-state index in [1.165, 1.54) is 0 Å². The smallest absolute Gasteiger partial charge is 0.271 e. The van der Waals surface area contributed by atoms with Crippen LogP contribution in [0.1, 0.15) is 30.0 Å². The number of nitrogen functional groups attached to an aromatic ring is 1. The van der Waals surface area contributed by atoms with Crippen LogP contribution in [-0.2, 0) is 17.3 Å². The Morgan fingerprint density at radius 1 is 1.50 bits per heavy atom. The van der Waals surface area contributed by atoms with Crippen LogP contribution < -0.4 is 11.1 Å². The minimum absolute atomic E-state index is 0.261. The SMILES string of the molecule is CCn1nc(C)c(N)c1C(=O)NCCS(=O)CC. The Bertz CT molecular complexity index is 456. The van der Waals surface area contributed by atoms with Crippen molar-refractivity contribution < 1.29 is 9.00 Å². The van der Waals surface area contributed by atoms with Gasteiger partial charge < -0.3 is 11.1 Å². The predicted molar refractivity (Wildman–Crippen MR) is 72.9 cm³/mol. The maximum Gasteiger partial charge on any atom is 0.271 e. The summed E-state index contributed by atoms with van der Waals surface area (Å²) in [7, 11) is -0.875. The van der Waals surface area contributed by atoms with Crippen LogP contribution in [0.15, 0.2) is 0 Å². The Morgan fingerprint density at radius 2 is 2.17 bits per heavy atom. The fourth-order valence-electron chi connectivity index (χ4n) is 1.57. The Labute approximate surface area is 109 Å². The number of anilines is 1. The van der Waals surface area contributed by atoms with E-state index in [-0.39, 0.29) is 5.91 Å². The fourth-order valence-corrected chi connectivity index (χ4v) is 2.19. The summed E-state index contributed by atoms with van der Waals surface area (Å²) in [6.07, 6.45) is 0. The summed E-state index contributed by atoms with van der Waals surface area (Å²) in [6.45, 7) is 6.49. The van der Waals surface area contributed by atoms with Crippen LogP contribution >= 0.6 is 0 Å². The molecule has 0 aliphatic heterocycles. The zero-order valence-corrected chi connectivity index (χ0v) is 11.8. The van der Waals surface area contributed by atoms with Crippen LogP contribution in [0.3, 0.4) is 0 Å². The molecule has 0 fully saturated rings. The van der Waals surface area contributed by atoms with Gasteiger partial charge in [-0.15, -0.1) is 0 Å². The van der Waals surface area contributed by atoms with Crippen molar-refractivity contribution in [1.29, 1.82) is 0 Å². The van der Waals surface area contributed by atoms with Gasteiger partial charge in [-0.25, -0.2) is 0 Å². The van der Waals surface area contributed by atoms with E-state index < -0.39 is 10.8 Å². The van der Waals surface area contributed by atoms with Gasteiger partial charge in [0.15, 0.2) is 0 Å². The molecule has 0 aliphatic carbocycles. The molecule has 0 aliphatic rings. The van der Waals surface area contributed by atoms with E-state index in [2.05, 4.69) is 10.4 Å². The second-order valence-corrected chi connectivity index (χ2v) is 5.72. The Hall–Kier alpha value is -1.37. The molecule has 0 saturated heterocycles. The number of carbonyl (C=O) groups is 1. The summed E-state index contributed by atoms with van der Waals surface area (Å²) < 4.78 is 12.8. The molecule has 0 radical (unpaired) electrons. The van der Waals surface area contributed by atoms with Crippen molar-refractivity contribution in [2.75, 3.05) is 23.8 Å². The molecule has 1 atom stereocenters. The molecule has 0 saturated carbocycles. The monoisotopic (exact) mass is 272 g/mol. The minimum atomic E-state index is -0.875. The highest BCUT2D eigenvalue weighted by Gasteiger charge is 2.18. The third-order valence-electron chi connectivity index (χ3n) is 2.63. The van der Waals surface area contributed by atoms with Gasteiger partial charge >= 0.3 is 0 Å². The molecule has 0 bridgehead atoms. The molecule has 3 N–H and O–H groups in total. The lowest BCUT2D eigenvalue weighted by Crippen LogP contribution is -2.30. The van der Waals surface area contributed by atoms with E-state index in [1.54, 1.807) is 11.6 Å². The second-order valence-electron chi connectivity index (χ2n) is 3.85. The molecular formula is C11H20N4O2S. The van der Waals surface area contributed by atoms with Gasteiger partial charge in [0.25, 0.3) is 5.91 Å². The number of hydrogen-bond donors (Lipinski definition) is 2. The van der Waals surface area contributed by atoms with Crippen molar-refractivity contribution in [1.82, 2.24) is 15.1 Å². The number of nitrogens with zero attached hydrogens (tertiary/aromatic N) is 2. The third-order valence-corrected chi connectivity index (χ3v) is 3.93. The van der Waals surface area contributed by atoms with Gasteiger partial charge in [-0.2, -0.15) is 5.10 Å². The lowest BCUT2D eigenvalue weighted by molar-refractivity contribution is 0.0946. The van der Waals surface area contributed by atoms with Crippen molar-refractivity contribution >= 4 is 22.4 Å². The van der Waals surface area contributed by atoms with Crippen LogP contribution in [0, 0.1) is 6.92 Å². The van der Waals surface area contributed by atoms with Gasteiger partial charge in [0.2, 0.25) is 0 Å². The summed E-state index contributed by atoms with van der Waals surface area (Å²) in [5.41, 5.74) is 7.28. The molecule has 0 aromatic carbocycles. The Balaban J connectivity index is 2.69. The normalized spacial score (nSPS) is 12.4. The number of nitrogens with two attached hydrogens (primary N) is 1. The quantitative estimate of drug-likeness (QED) is 0.779. The van der Waals surface area contributed by atoms with Crippen molar-refractivity contribution in [3.63, 3.8) is 0 Å². The number of aromatic nitrogens is 2. The van der Waals surface area contributed by atoms with Crippen molar-refractivity contribution in [3.05, 3.63) is 11.4 Å². The molecule has 7 heteroatoms. The summed E-state index contributed by atoms with van der Waals surface area (Å²) in [5, 5.41) is 6.90. The van der Waals surface area contributed by atoms with Crippen LogP contribution in [0.25, 0.3) is 0 Å². The van der Waals surface area contributed by atoms with E-state index in [1.807, 2.05) is 13.8 Å². The number of carbonyl (C=O) groups excluding carboxylic acids is 1. The van der Waals surface area contributed by atoms with E-state index in [0.29, 0.717) is 41.7 Å². The van der Waals surface area contributed by atoms with Crippen molar-refractivity contribution in [3.8, 4) is 0 Å². The molecule has 1 rings (SSSR count). The molecule has 18 heavy (non-hydrogen) atoms. The number of rotatable bonds is 6. The Morgan fingerprint density at radius 3 is 2.72 bits per heavy atom. The number of aryl methyl sites for hydroxylation is 2. The van der Waals surface area contributed by atoms with Crippen LogP contribution in [-0.4, -0.2) is 37.9 Å². The topological polar surface area (TPSA) is 90.0 Å². The van der Waals surface area contributed by atoms with Crippen LogP contribution in [0.2, 0.25) is 0 Å². The third kappa shape index (κ3) is 3.32. The standard InChI is InChI=1S/C11H20N4O2S/c1-4-15-10(9(12)8(3)14-15)11(16)13-6-7-18(17)5-2/h4-7,12H2,1-3H3,(H,13,16). The average Bonchev–Trinajstić information content (AvgIpc) is 2.64. The average molecular weight is 272 g/mol. The summed E-state index contributed by atoms with van der Waals surface area (Å²) in [5.74, 6) is 0.800. The number of hydrogen-bond acceptors (Lipinski definition) is 4. The first-order chi connectivity index (χ1) is 8.51. The summed E-state index contributed by atoms with van der Waals surface area (Å²) in [4.78, 5) is 12.0. The second kappa shape index (κ2) is 6.53. The van der Waals surface area contributed by atoms with Crippen LogP contribution in [0.5, 0.6) is 0 Å². The molecule has 1 heterocycles. The van der Waals surface area contributed by atoms with Gasteiger partial charge in [-0.1, -0.05) is 6.92 Å². The first kappa shape index (κ1) is 14.7. The largest absolute Gasteiger partial charge is 0.395 e. The molecular weight excluding hydrogens is 252 g/mol. The van der Waals surface area contributed by atoms with Gasteiger partial charge in [0.1, 0.15) is 5.69 Å². The maximum absolute atomic E-state index is 12.0. The summed E-state index contributed by atoms with van der Waals surface area (Å²) in [6, 6.07) is 0. The fraction of sp³-hybridized carbons (Fsp3) is 0.636. The summed E-state index contributed by atoms with van der Waals surface area (Å²) >= 11 is 0. The predicted octanol–water partition coefficient (Wildman–Crippen LogP) is 0.292. The molecule has 1 aromatic heterocycles. The van der Waals surface area contributed by atoms with Gasteiger partial charge in [-0.3, -0.25) is 13.7 Å². The molecule has 1 unspecified atom stereocenters. The van der Waals surface area contributed by atoms with Gasteiger partial charge in [0.05, 0.1) is 11.4 Å². The maximum atomic E-state index is 12.0. The van der Waals surface area contributed by atoms with E-state index in [0.717, 1.165) is 0 Å². The highest BCUT2D eigenvalue weighted by atomic mass is 32.2. The lowest BCUT2D eigenvalue weighted by Gasteiger charge is -2.07. The van der Waals surface area contributed by atoms with Gasteiger partial charge in [-0.05, 0) is 13.8 Å². The molecule has 6 nitrogen and oxygen atoms in total. The Kier molecular flexibility index (Phi) is 5.33. The lowest BCUT2D eigenvalue weighted by atomic mass is 10.3. The van der Waals surface area contributed by atoms with Crippen LogP contribution in [0.4, 0.5) is 5.69 Å². The van der Waals surface area contributed by atoms with Crippen molar-refractivity contribution in [2.45, 2.75) is 27.3 Å². The number of amides is 1. The molecule has 1 amide bonds. The highest BCUT2D eigenvalue weighted by molar-refractivity contribution is 7.84. The van der Waals surface area contributed by atoms with E-state index in [4.69, 9.17) is 5.73 Å². The minimum Gasteiger partial charge on any atom is -0.395 e. The zero-order chi connectivity index (χ0) is 13.7.